The van der Waals surface area contributed by atoms with Gasteiger partial charge in [0.2, 0.25) is 11.8 Å². The first kappa shape index (κ1) is 12.4. The van der Waals surface area contributed by atoms with E-state index in [0.29, 0.717) is 6.54 Å². The van der Waals surface area contributed by atoms with Gasteiger partial charge in [0.25, 0.3) is 0 Å². The van der Waals surface area contributed by atoms with Crippen LogP contribution in [0.15, 0.2) is 0 Å². The Morgan fingerprint density at radius 3 is 2.82 bits per heavy atom. The number of piperazine rings is 1. The summed E-state index contributed by atoms with van der Waals surface area (Å²) in [5, 5.41) is 2.75. The second-order valence-electron chi connectivity index (χ2n) is 5.14. The van der Waals surface area contributed by atoms with Crippen molar-refractivity contribution in [3.8, 4) is 0 Å². The summed E-state index contributed by atoms with van der Waals surface area (Å²) < 4.78 is 5.51. The maximum atomic E-state index is 12.2. The molecule has 96 valence electrons. The van der Waals surface area contributed by atoms with Crippen LogP contribution in [0.1, 0.15) is 26.7 Å². The van der Waals surface area contributed by atoms with Crippen LogP contribution in [0.2, 0.25) is 0 Å². The second kappa shape index (κ2) is 5.04. The molecule has 2 atom stereocenters. The molecule has 2 aliphatic heterocycles. The molecule has 0 bridgehead atoms. The second-order valence-corrected chi connectivity index (χ2v) is 5.14. The number of nitrogens with one attached hydrogen (secondary N) is 1. The number of carbonyl (C=O) groups excluding carboxylic acids is 2. The lowest BCUT2D eigenvalue weighted by Crippen LogP contribution is -2.60. The smallest absolute Gasteiger partial charge is 0.245 e. The van der Waals surface area contributed by atoms with Gasteiger partial charge in [0, 0.05) is 13.2 Å². The Kier molecular flexibility index (Phi) is 3.66. The molecule has 2 fully saturated rings. The number of carbonyl (C=O) groups is 2. The first-order chi connectivity index (χ1) is 8.08. The average Bonchev–Trinajstić information content (AvgIpc) is 2.75. The van der Waals surface area contributed by atoms with Crippen molar-refractivity contribution in [3.05, 3.63) is 0 Å². The van der Waals surface area contributed by atoms with Crippen molar-refractivity contribution in [3.63, 3.8) is 0 Å². The third-order valence-electron chi connectivity index (χ3n) is 3.34. The van der Waals surface area contributed by atoms with Crippen molar-refractivity contribution < 1.29 is 14.3 Å². The molecule has 0 aromatic heterocycles. The Bertz CT molecular complexity index is 311. The van der Waals surface area contributed by atoms with E-state index in [0.717, 1.165) is 19.4 Å². The van der Waals surface area contributed by atoms with E-state index in [1.165, 1.54) is 0 Å². The lowest BCUT2D eigenvalue weighted by Gasteiger charge is -2.35. The number of hydrogen-bond acceptors (Lipinski definition) is 3. The Hall–Kier alpha value is -1.10. The minimum atomic E-state index is -0.377. The monoisotopic (exact) mass is 240 g/mol. The van der Waals surface area contributed by atoms with Crippen LogP contribution in [0.5, 0.6) is 0 Å². The zero-order chi connectivity index (χ0) is 12.4. The number of ether oxygens (including phenoxy) is 1. The van der Waals surface area contributed by atoms with Gasteiger partial charge in [-0.1, -0.05) is 13.8 Å². The molecule has 2 rings (SSSR count). The molecule has 17 heavy (non-hydrogen) atoms. The van der Waals surface area contributed by atoms with Gasteiger partial charge in [0.1, 0.15) is 6.04 Å². The largest absolute Gasteiger partial charge is 0.376 e. The van der Waals surface area contributed by atoms with Gasteiger partial charge in [-0.05, 0) is 18.8 Å². The van der Waals surface area contributed by atoms with Crippen molar-refractivity contribution in [1.82, 2.24) is 10.2 Å². The SMILES string of the molecule is CC(C)C1NC(=O)CN(CC2CCCO2)C1=O. The van der Waals surface area contributed by atoms with Crippen molar-refractivity contribution >= 4 is 11.8 Å². The van der Waals surface area contributed by atoms with Gasteiger partial charge in [0.15, 0.2) is 0 Å². The molecule has 2 aliphatic rings. The van der Waals surface area contributed by atoms with E-state index in [-0.39, 0.29) is 36.4 Å². The summed E-state index contributed by atoms with van der Waals surface area (Å²) in [7, 11) is 0. The maximum Gasteiger partial charge on any atom is 0.245 e. The molecule has 0 aliphatic carbocycles. The van der Waals surface area contributed by atoms with Crippen LogP contribution in [-0.2, 0) is 14.3 Å². The summed E-state index contributed by atoms with van der Waals surface area (Å²) in [5.41, 5.74) is 0. The Morgan fingerprint density at radius 2 is 2.24 bits per heavy atom. The van der Waals surface area contributed by atoms with Gasteiger partial charge in [-0.3, -0.25) is 9.59 Å². The molecule has 2 unspecified atom stereocenters. The number of rotatable bonds is 3. The molecule has 5 heteroatoms. The predicted molar refractivity (Wildman–Crippen MR) is 62.3 cm³/mol. The topological polar surface area (TPSA) is 58.6 Å². The molecule has 0 spiro atoms. The highest BCUT2D eigenvalue weighted by Crippen LogP contribution is 2.16. The average molecular weight is 240 g/mol. The fraction of sp³-hybridized carbons (Fsp3) is 0.833. The molecule has 2 amide bonds. The van der Waals surface area contributed by atoms with Gasteiger partial charge in [-0.25, -0.2) is 0 Å². The minimum Gasteiger partial charge on any atom is -0.376 e. The Labute approximate surface area is 101 Å². The Morgan fingerprint density at radius 1 is 1.47 bits per heavy atom. The lowest BCUT2D eigenvalue weighted by molar-refractivity contribution is -0.146. The number of hydrogen-bond donors (Lipinski definition) is 1. The van der Waals surface area contributed by atoms with E-state index >= 15 is 0 Å². The highest BCUT2D eigenvalue weighted by atomic mass is 16.5. The first-order valence-electron chi connectivity index (χ1n) is 6.27. The van der Waals surface area contributed by atoms with E-state index < -0.39 is 0 Å². The van der Waals surface area contributed by atoms with E-state index in [4.69, 9.17) is 4.74 Å². The van der Waals surface area contributed by atoms with Crippen molar-refractivity contribution in [2.75, 3.05) is 19.7 Å². The fourth-order valence-corrected chi connectivity index (χ4v) is 2.37. The normalized spacial score (nSPS) is 29.9. The van der Waals surface area contributed by atoms with Crippen LogP contribution in [0.4, 0.5) is 0 Å². The van der Waals surface area contributed by atoms with Crippen molar-refractivity contribution in [1.29, 1.82) is 0 Å². The van der Waals surface area contributed by atoms with Gasteiger partial charge >= 0.3 is 0 Å². The predicted octanol–water partition coefficient (Wildman–Crippen LogP) is 0.148. The summed E-state index contributed by atoms with van der Waals surface area (Å²) in [5.74, 6) is 0.0788. The van der Waals surface area contributed by atoms with Gasteiger partial charge < -0.3 is 15.0 Å². The summed E-state index contributed by atoms with van der Waals surface area (Å²) in [6.45, 7) is 5.38. The first-order valence-corrected chi connectivity index (χ1v) is 6.27. The summed E-state index contributed by atoms with van der Waals surface area (Å²) in [4.78, 5) is 25.4. The molecular weight excluding hydrogens is 220 g/mol. The van der Waals surface area contributed by atoms with Crippen molar-refractivity contribution in [2.24, 2.45) is 5.92 Å². The quantitative estimate of drug-likeness (QED) is 0.764. The minimum absolute atomic E-state index is 0.0232. The van der Waals surface area contributed by atoms with E-state index in [1.807, 2.05) is 13.8 Å². The van der Waals surface area contributed by atoms with Crippen molar-refractivity contribution in [2.45, 2.75) is 38.8 Å². The highest BCUT2D eigenvalue weighted by molar-refractivity contribution is 5.95. The van der Waals surface area contributed by atoms with Crippen LogP contribution in [-0.4, -0.2) is 48.6 Å². The molecule has 2 heterocycles. The van der Waals surface area contributed by atoms with E-state index in [9.17, 15) is 9.59 Å². The molecular formula is C12H20N2O3. The van der Waals surface area contributed by atoms with Crippen LogP contribution in [0.3, 0.4) is 0 Å². The molecule has 2 saturated heterocycles. The van der Waals surface area contributed by atoms with E-state index in [2.05, 4.69) is 5.32 Å². The molecule has 0 aromatic carbocycles. The molecule has 0 aromatic rings. The van der Waals surface area contributed by atoms with Gasteiger partial charge in [-0.2, -0.15) is 0 Å². The van der Waals surface area contributed by atoms with Crippen LogP contribution in [0.25, 0.3) is 0 Å². The van der Waals surface area contributed by atoms with Crippen LogP contribution in [0, 0.1) is 5.92 Å². The van der Waals surface area contributed by atoms with Gasteiger partial charge in [-0.15, -0.1) is 0 Å². The lowest BCUT2D eigenvalue weighted by atomic mass is 10.0. The highest BCUT2D eigenvalue weighted by Gasteiger charge is 2.35. The van der Waals surface area contributed by atoms with Crippen LogP contribution >= 0.6 is 0 Å². The summed E-state index contributed by atoms with van der Waals surface area (Å²) in [6.07, 6.45) is 2.14. The zero-order valence-corrected chi connectivity index (χ0v) is 10.4. The number of nitrogens with zero attached hydrogens (tertiary/aromatic N) is 1. The third kappa shape index (κ3) is 2.77. The zero-order valence-electron chi connectivity index (χ0n) is 10.4. The van der Waals surface area contributed by atoms with E-state index in [1.54, 1.807) is 4.90 Å². The third-order valence-corrected chi connectivity index (χ3v) is 3.34. The maximum absolute atomic E-state index is 12.2. The summed E-state index contributed by atoms with van der Waals surface area (Å²) >= 11 is 0. The standard InChI is InChI=1S/C12H20N2O3/c1-8(2)11-12(16)14(7-10(15)13-11)6-9-4-3-5-17-9/h8-9,11H,3-7H2,1-2H3,(H,13,15). The molecule has 5 nitrogen and oxygen atoms in total. The molecule has 0 saturated carbocycles. The molecule has 1 N–H and O–H groups in total. The fourth-order valence-electron chi connectivity index (χ4n) is 2.37. The number of amides is 2. The van der Waals surface area contributed by atoms with Gasteiger partial charge in [0.05, 0.1) is 12.6 Å². The molecule has 0 radical (unpaired) electrons. The Balaban J connectivity index is 1.99. The summed E-state index contributed by atoms with van der Waals surface area (Å²) in [6, 6.07) is -0.377. The van der Waals surface area contributed by atoms with Crippen LogP contribution < -0.4 is 5.32 Å².